The summed E-state index contributed by atoms with van der Waals surface area (Å²) in [4.78, 5) is 22.7. The third kappa shape index (κ3) is 5.61. The number of nitrogens with one attached hydrogen (secondary N) is 2. The van der Waals surface area contributed by atoms with Crippen LogP contribution in [0.25, 0.3) is 0 Å². The summed E-state index contributed by atoms with van der Waals surface area (Å²) in [6, 6.07) is 14.8. The molecule has 168 valence electrons. The first kappa shape index (κ1) is 23.0. The van der Waals surface area contributed by atoms with Crippen LogP contribution >= 0.6 is 0 Å². The summed E-state index contributed by atoms with van der Waals surface area (Å²) in [6.45, 7) is 2.96. The number of hydrogen-bond acceptors (Lipinski definition) is 4. The Morgan fingerprint density at radius 1 is 0.636 bits per heavy atom. The molecule has 2 aliphatic carbocycles. The third-order valence-corrected chi connectivity index (χ3v) is 14.5. The zero-order valence-corrected chi connectivity index (χ0v) is 21.0. The van der Waals surface area contributed by atoms with Gasteiger partial charge in [-0.05, 0) is 0 Å². The van der Waals surface area contributed by atoms with Crippen molar-refractivity contribution < 1.29 is 36.4 Å². The Morgan fingerprint density at radius 2 is 0.970 bits per heavy atom. The molecule has 0 saturated heterocycles. The van der Waals surface area contributed by atoms with E-state index in [0.717, 1.165) is 0 Å². The topological polar surface area (TPSA) is 76.7 Å². The van der Waals surface area contributed by atoms with Gasteiger partial charge in [0.05, 0.1) is 0 Å². The molecule has 2 aromatic rings. The molecule has 0 unspecified atom stereocenters. The van der Waals surface area contributed by atoms with Crippen LogP contribution in [-0.4, -0.2) is 11.8 Å². The molecule has 0 fully saturated rings. The van der Waals surface area contributed by atoms with Gasteiger partial charge in [-0.2, -0.15) is 0 Å². The summed E-state index contributed by atoms with van der Waals surface area (Å²) in [5.41, 5.74) is 1.43. The van der Waals surface area contributed by atoms with Gasteiger partial charge >= 0.3 is 200 Å². The van der Waals surface area contributed by atoms with Gasteiger partial charge in [-0.3, -0.25) is 0 Å². The van der Waals surface area contributed by atoms with Gasteiger partial charge in [0.2, 0.25) is 0 Å². The molecule has 7 heteroatoms. The van der Waals surface area contributed by atoms with Gasteiger partial charge in [0.15, 0.2) is 0 Å². The summed E-state index contributed by atoms with van der Waals surface area (Å²) < 4.78 is 13.8. The van der Waals surface area contributed by atoms with Crippen LogP contribution < -0.4 is 16.3 Å². The van der Waals surface area contributed by atoms with Crippen molar-refractivity contribution in [3.8, 4) is 11.5 Å². The molecular formula is C26H26N2O4Zr. The maximum atomic E-state index is 11.4. The molecule has 2 aromatic carbocycles. The van der Waals surface area contributed by atoms with E-state index in [1.165, 1.54) is 13.8 Å². The number of amides is 2. The average Bonchev–Trinajstić information content (AvgIpc) is 3.50. The summed E-state index contributed by atoms with van der Waals surface area (Å²) in [6.07, 6.45) is 16.7. The Kier molecular flexibility index (Phi) is 7.09. The van der Waals surface area contributed by atoms with Crippen LogP contribution in [0.5, 0.6) is 11.5 Å². The van der Waals surface area contributed by atoms with E-state index in [4.69, 9.17) is 5.63 Å². The molecule has 2 aliphatic rings. The van der Waals surface area contributed by atoms with Crippen LogP contribution in [0.2, 0.25) is 7.25 Å². The fourth-order valence-electron chi connectivity index (χ4n) is 3.90. The molecule has 0 heterocycles. The van der Waals surface area contributed by atoms with E-state index < -0.39 is 21.1 Å². The fourth-order valence-corrected chi connectivity index (χ4v) is 12.6. The first-order chi connectivity index (χ1) is 15.9. The number of rotatable bonds is 8. The molecule has 0 bridgehead atoms. The Morgan fingerprint density at radius 3 is 1.27 bits per heavy atom. The number of allylic oxidation sites excluding steroid dienone is 8. The van der Waals surface area contributed by atoms with E-state index in [-0.39, 0.29) is 19.1 Å². The monoisotopic (exact) mass is 520 g/mol. The van der Waals surface area contributed by atoms with E-state index in [2.05, 4.69) is 34.9 Å². The van der Waals surface area contributed by atoms with Crippen LogP contribution in [0.15, 0.2) is 97.1 Å². The van der Waals surface area contributed by atoms with Crippen molar-refractivity contribution in [2.45, 2.75) is 21.1 Å². The minimum absolute atomic E-state index is 0.0572. The third-order valence-electron chi connectivity index (χ3n) is 5.33. The Hall–Kier alpha value is -3.18. The van der Waals surface area contributed by atoms with Crippen molar-refractivity contribution in [3.63, 3.8) is 0 Å². The number of hydrogen-bond donors (Lipinski definition) is 2. The molecule has 0 spiro atoms. The Bertz CT molecular complexity index is 1020. The molecular weight excluding hydrogens is 496 g/mol. The van der Waals surface area contributed by atoms with Crippen LogP contribution in [0.1, 0.15) is 13.8 Å². The summed E-state index contributed by atoms with van der Waals surface area (Å²) in [5.74, 6) is 1.17. The molecule has 4 rings (SSSR count). The van der Waals surface area contributed by atoms with E-state index in [1.807, 2.05) is 72.8 Å². The Balaban J connectivity index is 1.68. The van der Waals surface area contributed by atoms with Crippen molar-refractivity contribution in [2.75, 3.05) is 10.6 Å². The van der Waals surface area contributed by atoms with Crippen LogP contribution in [0.4, 0.5) is 11.4 Å². The second kappa shape index (κ2) is 10.2. The van der Waals surface area contributed by atoms with Gasteiger partial charge in [-0.15, -0.1) is 0 Å². The standard InChI is InChI=1S/2C8H9NO2.2C5H5.Zr/c2*1-6(10)9-7-2-4-8(11)5-3-7;2*1-2-4-5-3-1;/h2*2-5,11H,1H3,(H,9,10);2*1-5H;/q;;;;+2/p-2. The maximum absolute atomic E-state index is 11.4. The van der Waals surface area contributed by atoms with Crippen LogP contribution in [-0.2, 0) is 30.7 Å². The van der Waals surface area contributed by atoms with Crippen molar-refractivity contribution >= 4 is 23.2 Å². The van der Waals surface area contributed by atoms with Crippen molar-refractivity contribution in [1.29, 1.82) is 0 Å². The molecule has 2 amide bonds. The molecule has 0 aliphatic heterocycles. The molecule has 2 N–H and O–H groups in total. The van der Waals surface area contributed by atoms with Gasteiger partial charge in [0.1, 0.15) is 0 Å². The SMILES string of the molecule is CC(=O)Nc1ccc([O][Zr]([O]c2ccc(NC(C)=O)cc2)([CH]2C=CC=C2)[CH]2C=CC=C2)cc1. The molecule has 0 saturated carbocycles. The predicted molar refractivity (Wildman–Crippen MR) is 127 cm³/mol. The van der Waals surface area contributed by atoms with Gasteiger partial charge < -0.3 is 0 Å². The normalized spacial score (nSPS) is 15.1. The van der Waals surface area contributed by atoms with E-state index in [1.54, 1.807) is 0 Å². The minimum atomic E-state index is -4.03. The van der Waals surface area contributed by atoms with E-state index >= 15 is 0 Å². The number of anilines is 2. The summed E-state index contributed by atoms with van der Waals surface area (Å²) >= 11 is -4.03. The number of carbonyl (C=O) groups excluding carboxylic acids is 2. The van der Waals surface area contributed by atoms with E-state index in [0.29, 0.717) is 22.9 Å². The van der Waals surface area contributed by atoms with Crippen molar-refractivity contribution in [1.82, 2.24) is 0 Å². The fraction of sp³-hybridized carbons (Fsp3) is 0.154. The summed E-state index contributed by atoms with van der Waals surface area (Å²) in [5, 5.41) is 5.56. The number of benzene rings is 2. The van der Waals surface area contributed by atoms with Crippen LogP contribution in [0, 0.1) is 0 Å². The Labute approximate surface area is 199 Å². The van der Waals surface area contributed by atoms with Crippen LogP contribution in [0.3, 0.4) is 0 Å². The number of carbonyl (C=O) groups is 2. The molecule has 33 heavy (non-hydrogen) atoms. The van der Waals surface area contributed by atoms with Crippen molar-refractivity contribution in [2.24, 2.45) is 0 Å². The molecule has 6 nitrogen and oxygen atoms in total. The first-order valence-corrected chi connectivity index (χ1v) is 15.6. The zero-order valence-electron chi connectivity index (χ0n) is 18.5. The first-order valence-electron chi connectivity index (χ1n) is 10.8. The molecule has 0 atom stereocenters. The van der Waals surface area contributed by atoms with E-state index in [9.17, 15) is 9.59 Å². The van der Waals surface area contributed by atoms with Gasteiger partial charge in [-0.1, -0.05) is 0 Å². The molecule has 0 aromatic heterocycles. The quantitative estimate of drug-likeness (QED) is 0.455. The predicted octanol–water partition coefficient (Wildman–Crippen LogP) is 5.87. The molecule has 0 radical (unpaired) electrons. The second-order valence-electron chi connectivity index (χ2n) is 7.93. The van der Waals surface area contributed by atoms with Gasteiger partial charge in [0, 0.05) is 0 Å². The zero-order chi connectivity index (χ0) is 23.3. The second-order valence-corrected chi connectivity index (χ2v) is 15.8. The summed E-state index contributed by atoms with van der Waals surface area (Å²) in [7, 11) is 0. The van der Waals surface area contributed by atoms with Gasteiger partial charge in [-0.25, -0.2) is 0 Å². The van der Waals surface area contributed by atoms with Gasteiger partial charge in [0.25, 0.3) is 0 Å². The van der Waals surface area contributed by atoms with Crippen molar-refractivity contribution in [3.05, 3.63) is 97.1 Å². The average molecular weight is 522 g/mol.